The number of hydrogen-bond donors (Lipinski definition) is 1. The van der Waals surface area contributed by atoms with Crippen LogP contribution in [-0.2, 0) is 13.1 Å². The van der Waals surface area contributed by atoms with E-state index < -0.39 is 5.97 Å². The second kappa shape index (κ2) is 4.75. The lowest BCUT2D eigenvalue weighted by atomic mass is 10.4. The van der Waals surface area contributed by atoms with E-state index in [0.717, 1.165) is 17.0 Å². The van der Waals surface area contributed by atoms with Crippen molar-refractivity contribution in [2.24, 2.45) is 0 Å². The topological polar surface area (TPSA) is 60.0 Å². The van der Waals surface area contributed by atoms with Gasteiger partial charge in [-0.25, -0.2) is 9.78 Å². The molecule has 2 heterocycles. The second-order valence-corrected chi connectivity index (χ2v) is 4.43. The summed E-state index contributed by atoms with van der Waals surface area (Å²) in [5, 5.41) is 8.89. The van der Waals surface area contributed by atoms with E-state index in [1.165, 1.54) is 0 Å². The number of nitrogens with zero attached hydrogens (tertiary/aromatic N) is 3. The van der Waals surface area contributed by atoms with Gasteiger partial charge in [-0.2, -0.15) is 0 Å². The van der Waals surface area contributed by atoms with Gasteiger partial charge in [0.2, 0.25) is 0 Å². The van der Waals surface area contributed by atoms with Crippen LogP contribution >= 0.6 is 15.9 Å². The molecule has 0 aliphatic carbocycles. The Labute approximate surface area is 107 Å². The minimum absolute atomic E-state index is 0.270. The van der Waals surface area contributed by atoms with Crippen LogP contribution < -0.4 is 0 Å². The van der Waals surface area contributed by atoms with Crippen LogP contribution in [0.2, 0.25) is 0 Å². The summed E-state index contributed by atoms with van der Waals surface area (Å²) in [6.07, 6.45) is 5.25. The number of aromatic carboxylic acids is 1. The average Bonchev–Trinajstić information content (AvgIpc) is 2.87. The Balaban J connectivity index is 2.27. The van der Waals surface area contributed by atoms with Crippen LogP contribution in [0.3, 0.4) is 0 Å². The van der Waals surface area contributed by atoms with Crippen LogP contribution in [0.15, 0.2) is 29.3 Å². The molecule has 0 saturated carbocycles. The van der Waals surface area contributed by atoms with Crippen LogP contribution in [0, 0.1) is 0 Å². The van der Waals surface area contributed by atoms with E-state index in [4.69, 9.17) is 5.11 Å². The van der Waals surface area contributed by atoms with Gasteiger partial charge in [0.15, 0.2) is 0 Å². The van der Waals surface area contributed by atoms with Crippen molar-refractivity contribution in [1.82, 2.24) is 14.1 Å². The zero-order valence-electron chi connectivity index (χ0n) is 9.30. The number of rotatable bonds is 4. The van der Waals surface area contributed by atoms with E-state index in [0.29, 0.717) is 6.54 Å². The third-order valence-corrected chi connectivity index (χ3v) is 3.23. The lowest BCUT2D eigenvalue weighted by molar-refractivity contribution is 0.0697. The van der Waals surface area contributed by atoms with Crippen molar-refractivity contribution in [1.29, 1.82) is 0 Å². The second-order valence-electron chi connectivity index (χ2n) is 3.61. The maximum atomic E-state index is 10.8. The van der Waals surface area contributed by atoms with Crippen molar-refractivity contribution in [2.45, 2.75) is 20.0 Å². The van der Waals surface area contributed by atoms with Crippen molar-refractivity contribution in [2.75, 3.05) is 0 Å². The first-order valence-electron chi connectivity index (χ1n) is 5.20. The Kier molecular flexibility index (Phi) is 3.33. The largest absolute Gasteiger partial charge is 0.478 e. The van der Waals surface area contributed by atoms with Gasteiger partial charge in [-0.3, -0.25) is 0 Å². The summed E-state index contributed by atoms with van der Waals surface area (Å²) < 4.78 is 4.57. The molecule has 0 saturated heterocycles. The minimum atomic E-state index is -0.928. The van der Waals surface area contributed by atoms with Gasteiger partial charge < -0.3 is 14.2 Å². The molecule has 0 radical (unpaired) electrons. The van der Waals surface area contributed by atoms with Gasteiger partial charge in [-0.15, -0.1) is 0 Å². The fourth-order valence-corrected chi connectivity index (χ4v) is 2.12. The quantitative estimate of drug-likeness (QED) is 0.941. The number of carboxylic acids is 1. The van der Waals surface area contributed by atoms with Crippen LogP contribution in [0.1, 0.15) is 23.1 Å². The molecule has 0 unspecified atom stereocenters. The molecule has 2 aromatic rings. The number of halogens is 1. The van der Waals surface area contributed by atoms with Crippen molar-refractivity contribution >= 4 is 21.9 Å². The van der Waals surface area contributed by atoms with Crippen LogP contribution in [-0.4, -0.2) is 25.2 Å². The first-order valence-corrected chi connectivity index (χ1v) is 6.00. The molecule has 17 heavy (non-hydrogen) atoms. The monoisotopic (exact) mass is 297 g/mol. The number of aryl methyl sites for hydroxylation is 1. The van der Waals surface area contributed by atoms with E-state index in [9.17, 15) is 4.79 Å². The van der Waals surface area contributed by atoms with E-state index in [2.05, 4.69) is 20.9 Å². The highest BCUT2D eigenvalue weighted by Crippen LogP contribution is 2.17. The summed E-state index contributed by atoms with van der Waals surface area (Å²) in [7, 11) is 0. The molecular weight excluding hydrogens is 286 g/mol. The fourth-order valence-electron chi connectivity index (χ4n) is 1.65. The highest BCUT2D eigenvalue weighted by molar-refractivity contribution is 9.10. The summed E-state index contributed by atoms with van der Waals surface area (Å²) in [5.41, 5.74) is 0.270. The van der Waals surface area contributed by atoms with E-state index in [-0.39, 0.29) is 5.56 Å². The van der Waals surface area contributed by atoms with Crippen molar-refractivity contribution in [3.63, 3.8) is 0 Å². The summed E-state index contributed by atoms with van der Waals surface area (Å²) in [5.74, 6) is -0.0241. The van der Waals surface area contributed by atoms with Gasteiger partial charge in [0.05, 0.1) is 16.7 Å². The Bertz CT molecular complexity index is 545. The van der Waals surface area contributed by atoms with Gasteiger partial charge in [0.1, 0.15) is 5.82 Å². The van der Waals surface area contributed by atoms with Crippen molar-refractivity contribution < 1.29 is 9.90 Å². The molecule has 6 heteroatoms. The predicted molar refractivity (Wildman–Crippen MR) is 66.1 cm³/mol. The molecule has 0 amide bonds. The van der Waals surface area contributed by atoms with Crippen LogP contribution in [0.5, 0.6) is 0 Å². The van der Waals surface area contributed by atoms with Gasteiger partial charge in [-0.1, -0.05) is 0 Å². The molecule has 0 atom stereocenters. The van der Waals surface area contributed by atoms with Gasteiger partial charge >= 0.3 is 5.97 Å². The maximum absolute atomic E-state index is 10.8. The molecule has 90 valence electrons. The maximum Gasteiger partial charge on any atom is 0.337 e. The third-order valence-electron chi connectivity index (χ3n) is 2.55. The number of imidazole rings is 1. The van der Waals surface area contributed by atoms with Crippen molar-refractivity contribution in [3.05, 3.63) is 40.6 Å². The molecule has 0 bridgehead atoms. The predicted octanol–water partition coefficient (Wildman–Crippen LogP) is 2.21. The lowest BCUT2D eigenvalue weighted by Gasteiger charge is -2.06. The van der Waals surface area contributed by atoms with Crippen LogP contribution in [0.25, 0.3) is 0 Å². The highest BCUT2D eigenvalue weighted by atomic mass is 79.9. The standard InChI is InChI=1S/C11H12BrN3O2/c1-2-14-4-3-13-10(14)7-15-6-8(11(16)17)5-9(15)12/h3-6H,2,7H2,1H3,(H,16,17). The van der Waals surface area contributed by atoms with E-state index in [1.807, 2.05) is 22.3 Å². The number of carboxylic acid groups (broad SMARTS) is 1. The SMILES string of the molecule is CCn1ccnc1Cn1cc(C(=O)O)cc1Br. The summed E-state index contributed by atoms with van der Waals surface area (Å²) in [6.45, 7) is 3.44. The van der Waals surface area contributed by atoms with Gasteiger partial charge in [0, 0.05) is 25.1 Å². The smallest absolute Gasteiger partial charge is 0.337 e. The Morgan fingerprint density at radius 1 is 1.53 bits per heavy atom. The lowest BCUT2D eigenvalue weighted by Crippen LogP contribution is -2.07. The van der Waals surface area contributed by atoms with Gasteiger partial charge in [0.25, 0.3) is 0 Å². The van der Waals surface area contributed by atoms with E-state index >= 15 is 0 Å². The molecule has 2 aromatic heterocycles. The first-order chi connectivity index (χ1) is 8.11. The molecule has 2 rings (SSSR count). The summed E-state index contributed by atoms with van der Waals surface area (Å²) in [6, 6.07) is 1.58. The molecule has 0 aliphatic heterocycles. The Morgan fingerprint density at radius 2 is 2.29 bits per heavy atom. The van der Waals surface area contributed by atoms with Gasteiger partial charge in [-0.05, 0) is 28.9 Å². The third kappa shape index (κ3) is 2.41. The molecule has 1 N–H and O–H groups in total. The molecule has 0 aliphatic rings. The number of aromatic nitrogens is 3. The number of carbonyl (C=O) groups is 1. The molecule has 0 aromatic carbocycles. The fraction of sp³-hybridized carbons (Fsp3) is 0.273. The Morgan fingerprint density at radius 3 is 2.88 bits per heavy atom. The number of hydrogen-bond acceptors (Lipinski definition) is 2. The summed E-state index contributed by atoms with van der Waals surface area (Å²) >= 11 is 3.34. The normalized spacial score (nSPS) is 10.7. The van der Waals surface area contributed by atoms with Crippen molar-refractivity contribution in [3.8, 4) is 0 Å². The molecule has 0 fully saturated rings. The molecule has 0 spiro atoms. The molecule has 5 nitrogen and oxygen atoms in total. The Hall–Kier alpha value is -1.56. The zero-order chi connectivity index (χ0) is 12.4. The molecular formula is C11H12BrN3O2. The van der Waals surface area contributed by atoms with E-state index in [1.54, 1.807) is 18.5 Å². The van der Waals surface area contributed by atoms with Crippen LogP contribution in [0.4, 0.5) is 0 Å². The minimum Gasteiger partial charge on any atom is -0.478 e. The first kappa shape index (κ1) is 11.9. The summed E-state index contributed by atoms with van der Waals surface area (Å²) in [4.78, 5) is 15.1. The highest BCUT2D eigenvalue weighted by Gasteiger charge is 2.11. The average molecular weight is 298 g/mol. The zero-order valence-corrected chi connectivity index (χ0v) is 10.9.